The van der Waals surface area contributed by atoms with Gasteiger partial charge in [0, 0.05) is 31.4 Å². The molecule has 0 aliphatic carbocycles. The molecule has 78 valence electrons. The predicted octanol–water partition coefficient (Wildman–Crippen LogP) is 0.924. The summed E-state index contributed by atoms with van der Waals surface area (Å²) >= 11 is 0. The number of halogens is 1. The zero-order valence-corrected chi connectivity index (χ0v) is 8.81. The van der Waals surface area contributed by atoms with Crippen LogP contribution in [0.5, 0.6) is 0 Å². The summed E-state index contributed by atoms with van der Waals surface area (Å²) < 4.78 is 0. The first kappa shape index (κ1) is 11.3. The highest BCUT2D eigenvalue weighted by molar-refractivity contribution is 5.85. The van der Waals surface area contributed by atoms with Crippen molar-refractivity contribution in [3.05, 3.63) is 29.8 Å². The fourth-order valence-electron chi connectivity index (χ4n) is 1.70. The molecule has 1 fully saturated rings. The van der Waals surface area contributed by atoms with Gasteiger partial charge in [0.1, 0.15) is 0 Å². The minimum Gasteiger partial charge on any atom is -0.398 e. The van der Waals surface area contributed by atoms with Crippen LogP contribution in [-0.4, -0.2) is 19.6 Å². The standard InChI is InChI=1S/C10H15N3.ClH/c11-9-4-2-1-3-8(9)10-7-12-5-6-13-10;/h1-4,10,12-13H,5-7,11H2;1H. The maximum absolute atomic E-state index is 5.88. The number of piperazine rings is 1. The number of nitrogen functional groups attached to an aromatic ring is 1. The molecule has 0 saturated carbocycles. The van der Waals surface area contributed by atoms with Gasteiger partial charge in [0.2, 0.25) is 0 Å². The highest BCUT2D eigenvalue weighted by Crippen LogP contribution is 2.19. The van der Waals surface area contributed by atoms with Crippen molar-refractivity contribution in [3.63, 3.8) is 0 Å². The minimum atomic E-state index is 0. The Kier molecular flexibility index (Phi) is 4.20. The van der Waals surface area contributed by atoms with Crippen LogP contribution >= 0.6 is 12.4 Å². The van der Waals surface area contributed by atoms with E-state index in [-0.39, 0.29) is 12.4 Å². The van der Waals surface area contributed by atoms with E-state index in [1.165, 1.54) is 5.56 Å². The topological polar surface area (TPSA) is 50.1 Å². The quantitative estimate of drug-likeness (QED) is 0.609. The van der Waals surface area contributed by atoms with Gasteiger partial charge in [-0.05, 0) is 11.6 Å². The van der Waals surface area contributed by atoms with E-state index in [2.05, 4.69) is 16.7 Å². The highest BCUT2D eigenvalue weighted by Gasteiger charge is 2.15. The largest absolute Gasteiger partial charge is 0.398 e. The van der Waals surface area contributed by atoms with Gasteiger partial charge in [-0.15, -0.1) is 12.4 Å². The van der Waals surface area contributed by atoms with E-state index >= 15 is 0 Å². The molecule has 1 aromatic rings. The summed E-state index contributed by atoms with van der Waals surface area (Å²) in [4.78, 5) is 0. The molecule has 0 amide bonds. The molecule has 1 aliphatic heterocycles. The number of para-hydroxylation sites is 1. The Morgan fingerprint density at radius 2 is 2.00 bits per heavy atom. The molecule has 1 atom stereocenters. The Hall–Kier alpha value is -0.770. The third kappa shape index (κ3) is 2.38. The zero-order valence-electron chi connectivity index (χ0n) is 7.99. The van der Waals surface area contributed by atoms with Crippen LogP contribution in [0.25, 0.3) is 0 Å². The van der Waals surface area contributed by atoms with E-state index in [1.54, 1.807) is 0 Å². The van der Waals surface area contributed by atoms with Crippen molar-refractivity contribution in [3.8, 4) is 0 Å². The van der Waals surface area contributed by atoms with Gasteiger partial charge in [-0.2, -0.15) is 0 Å². The number of hydrogen-bond donors (Lipinski definition) is 3. The molecular weight excluding hydrogens is 198 g/mol. The molecule has 1 aromatic carbocycles. The molecule has 1 aliphatic rings. The van der Waals surface area contributed by atoms with E-state index < -0.39 is 0 Å². The zero-order chi connectivity index (χ0) is 9.10. The van der Waals surface area contributed by atoms with Crippen molar-refractivity contribution >= 4 is 18.1 Å². The van der Waals surface area contributed by atoms with Crippen molar-refractivity contribution < 1.29 is 0 Å². The first-order valence-electron chi connectivity index (χ1n) is 4.66. The molecule has 0 aromatic heterocycles. The van der Waals surface area contributed by atoms with E-state index in [1.807, 2.05) is 18.2 Å². The molecule has 3 nitrogen and oxygen atoms in total. The second kappa shape index (κ2) is 5.20. The number of anilines is 1. The van der Waals surface area contributed by atoms with Gasteiger partial charge >= 0.3 is 0 Å². The van der Waals surface area contributed by atoms with Gasteiger partial charge in [0.15, 0.2) is 0 Å². The average molecular weight is 214 g/mol. The highest BCUT2D eigenvalue weighted by atomic mass is 35.5. The van der Waals surface area contributed by atoms with Crippen LogP contribution in [0, 0.1) is 0 Å². The third-order valence-electron chi connectivity index (χ3n) is 2.41. The number of nitrogens with one attached hydrogen (secondary N) is 2. The van der Waals surface area contributed by atoms with Crippen molar-refractivity contribution in [1.29, 1.82) is 0 Å². The monoisotopic (exact) mass is 213 g/mol. The lowest BCUT2D eigenvalue weighted by atomic mass is 10.0. The normalized spacial score (nSPS) is 21.3. The van der Waals surface area contributed by atoms with Gasteiger partial charge in [0.05, 0.1) is 0 Å². The second-order valence-corrected chi connectivity index (χ2v) is 3.34. The van der Waals surface area contributed by atoms with Gasteiger partial charge in [-0.1, -0.05) is 18.2 Å². The SMILES string of the molecule is Cl.Nc1ccccc1C1CNCCN1. The van der Waals surface area contributed by atoms with Crippen molar-refractivity contribution in [1.82, 2.24) is 10.6 Å². The Balaban J connectivity index is 0.000000980. The Bertz CT molecular complexity index is 284. The number of hydrogen-bond acceptors (Lipinski definition) is 3. The fourth-order valence-corrected chi connectivity index (χ4v) is 1.70. The summed E-state index contributed by atoms with van der Waals surface area (Å²) in [6.45, 7) is 3.02. The summed E-state index contributed by atoms with van der Waals surface area (Å²) in [7, 11) is 0. The van der Waals surface area contributed by atoms with Crippen LogP contribution in [0.3, 0.4) is 0 Å². The maximum Gasteiger partial charge on any atom is 0.0467 e. The third-order valence-corrected chi connectivity index (χ3v) is 2.41. The van der Waals surface area contributed by atoms with Crippen molar-refractivity contribution in [2.75, 3.05) is 25.4 Å². The van der Waals surface area contributed by atoms with E-state index in [0.717, 1.165) is 25.3 Å². The first-order chi connectivity index (χ1) is 6.38. The second-order valence-electron chi connectivity index (χ2n) is 3.34. The molecule has 1 saturated heterocycles. The van der Waals surface area contributed by atoms with Crippen molar-refractivity contribution in [2.45, 2.75) is 6.04 Å². The van der Waals surface area contributed by atoms with E-state index in [0.29, 0.717) is 6.04 Å². The minimum absolute atomic E-state index is 0. The van der Waals surface area contributed by atoms with Gasteiger partial charge in [-0.3, -0.25) is 0 Å². The molecule has 0 radical (unpaired) electrons. The van der Waals surface area contributed by atoms with E-state index in [4.69, 9.17) is 5.73 Å². The summed E-state index contributed by atoms with van der Waals surface area (Å²) in [6, 6.07) is 8.40. The summed E-state index contributed by atoms with van der Waals surface area (Å²) in [5.74, 6) is 0. The molecule has 4 heteroatoms. The van der Waals surface area contributed by atoms with Crippen molar-refractivity contribution in [2.24, 2.45) is 0 Å². The Morgan fingerprint density at radius 1 is 1.21 bits per heavy atom. The average Bonchev–Trinajstić information content (AvgIpc) is 2.20. The molecule has 0 bridgehead atoms. The molecule has 4 N–H and O–H groups in total. The van der Waals surface area contributed by atoms with E-state index in [9.17, 15) is 0 Å². The molecule has 14 heavy (non-hydrogen) atoms. The number of benzene rings is 1. The van der Waals surface area contributed by atoms with Gasteiger partial charge < -0.3 is 16.4 Å². The fraction of sp³-hybridized carbons (Fsp3) is 0.400. The van der Waals surface area contributed by atoms with Crippen LogP contribution in [-0.2, 0) is 0 Å². The predicted molar refractivity (Wildman–Crippen MR) is 61.7 cm³/mol. The van der Waals surface area contributed by atoms with Crippen LogP contribution in [0.1, 0.15) is 11.6 Å². The van der Waals surface area contributed by atoms with Gasteiger partial charge in [0.25, 0.3) is 0 Å². The number of nitrogens with two attached hydrogens (primary N) is 1. The lowest BCUT2D eigenvalue weighted by Gasteiger charge is -2.25. The first-order valence-corrected chi connectivity index (χ1v) is 4.66. The summed E-state index contributed by atoms with van der Waals surface area (Å²) in [5.41, 5.74) is 7.97. The Labute approximate surface area is 90.5 Å². The number of rotatable bonds is 1. The molecule has 1 heterocycles. The molecule has 0 spiro atoms. The summed E-state index contributed by atoms with van der Waals surface area (Å²) in [6.07, 6.45) is 0. The van der Waals surface area contributed by atoms with Crippen LogP contribution in [0.2, 0.25) is 0 Å². The van der Waals surface area contributed by atoms with Crippen LogP contribution in [0.15, 0.2) is 24.3 Å². The van der Waals surface area contributed by atoms with Crippen LogP contribution < -0.4 is 16.4 Å². The smallest absolute Gasteiger partial charge is 0.0467 e. The molecule has 1 unspecified atom stereocenters. The molecule has 2 rings (SSSR count). The molecular formula is C10H16ClN3. The Morgan fingerprint density at radius 3 is 2.64 bits per heavy atom. The lowest BCUT2D eigenvalue weighted by Crippen LogP contribution is -2.42. The summed E-state index contributed by atoms with van der Waals surface area (Å²) in [5, 5.41) is 6.78. The van der Waals surface area contributed by atoms with Gasteiger partial charge in [-0.25, -0.2) is 0 Å². The maximum atomic E-state index is 5.88. The lowest BCUT2D eigenvalue weighted by molar-refractivity contribution is 0.431. The van der Waals surface area contributed by atoms with Crippen LogP contribution in [0.4, 0.5) is 5.69 Å².